The molecule has 2 nitrogen and oxygen atoms in total. The zero-order valence-electron chi connectivity index (χ0n) is 11.1. The van der Waals surface area contributed by atoms with Gasteiger partial charge in [-0.1, -0.05) is 43.0 Å². The molecule has 1 saturated carbocycles. The van der Waals surface area contributed by atoms with E-state index in [1.54, 1.807) is 0 Å². The summed E-state index contributed by atoms with van der Waals surface area (Å²) in [6.07, 6.45) is 6.29. The van der Waals surface area contributed by atoms with Gasteiger partial charge in [-0.15, -0.1) is 0 Å². The first-order chi connectivity index (χ1) is 8.66. The molecule has 1 aromatic rings. The molecule has 2 rings (SSSR count). The smallest absolute Gasteiger partial charge is 0.0409 e. The fourth-order valence-electron chi connectivity index (χ4n) is 2.90. The molecule has 2 N–H and O–H groups in total. The second-order valence-corrected chi connectivity index (χ2v) is 5.85. The Hall–Kier alpha value is -0.570. The standard InChI is InChI=1S/C15H23ClN2/c1-18(11-12-6-5-7-13(16)10-12)15-9-4-2-3-8-14(15)17/h5-7,10,14-15H,2-4,8-9,11,17H2,1H3. The normalized spacial score (nSPS) is 25.1. The van der Waals surface area contributed by atoms with Crippen LogP contribution in [0.25, 0.3) is 0 Å². The highest BCUT2D eigenvalue weighted by atomic mass is 35.5. The molecule has 1 fully saturated rings. The summed E-state index contributed by atoms with van der Waals surface area (Å²) < 4.78 is 0. The lowest BCUT2D eigenvalue weighted by Crippen LogP contribution is -2.44. The summed E-state index contributed by atoms with van der Waals surface area (Å²) in [6.45, 7) is 0.929. The van der Waals surface area contributed by atoms with E-state index in [9.17, 15) is 0 Å². The van der Waals surface area contributed by atoms with Crippen LogP contribution in [0.15, 0.2) is 24.3 Å². The van der Waals surface area contributed by atoms with E-state index >= 15 is 0 Å². The summed E-state index contributed by atoms with van der Waals surface area (Å²) in [4.78, 5) is 2.39. The summed E-state index contributed by atoms with van der Waals surface area (Å²) in [5, 5.41) is 0.811. The van der Waals surface area contributed by atoms with Crippen LogP contribution in [-0.4, -0.2) is 24.0 Å². The largest absolute Gasteiger partial charge is 0.326 e. The molecule has 1 aromatic carbocycles. The minimum absolute atomic E-state index is 0.316. The van der Waals surface area contributed by atoms with Crippen LogP contribution in [0.4, 0.5) is 0 Å². The van der Waals surface area contributed by atoms with Gasteiger partial charge in [-0.3, -0.25) is 4.90 Å². The fourth-order valence-corrected chi connectivity index (χ4v) is 3.12. The van der Waals surface area contributed by atoms with E-state index in [0.717, 1.165) is 18.0 Å². The summed E-state index contributed by atoms with van der Waals surface area (Å²) in [5.74, 6) is 0. The molecule has 2 atom stereocenters. The average Bonchev–Trinajstić information content (AvgIpc) is 2.54. The summed E-state index contributed by atoms with van der Waals surface area (Å²) in [5.41, 5.74) is 7.56. The minimum atomic E-state index is 0.316. The molecule has 3 heteroatoms. The molecule has 0 spiro atoms. The first-order valence-electron chi connectivity index (χ1n) is 6.87. The lowest BCUT2D eigenvalue weighted by molar-refractivity contribution is 0.193. The van der Waals surface area contributed by atoms with Crippen LogP contribution in [-0.2, 0) is 6.54 Å². The van der Waals surface area contributed by atoms with Crippen molar-refractivity contribution in [3.8, 4) is 0 Å². The molecule has 2 unspecified atom stereocenters. The Morgan fingerprint density at radius 3 is 2.83 bits per heavy atom. The van der Waals surface area contributed by atoms with Crippen molar-refractivity contribution in [2.45, 2.75) is 50.7 Å². The number of likely N-dealkylation sites (N-methyl/N-ethyl adjacent to an activating group) is 1. The number of hydrogen-bond acceptors (Lipinski definition) is 2. The van der Waals surface area contributed by atoms with Gasteiger partial charge < -0.3 is 5.73 Å². The number of nitrogens with two attached hydrogens (primary N) is 1. The lowest BCUT2D eigenvalue weighted by atomic mass is 10.0. The topological polar surface area (TPSA) is 29.3 Å². The SMILES string of the molecule is CN(Cc1cccc(Cl)c1)C1CCCCCC1N. The molecule has 0 amide bonds. The van der Waals surface area contributed by atoms with Crippen molar-refractivity contribution in [2.75, 3.05) is 7.05 Å². The zero-order chi connectivity index (χ0) is 13.0. The molecule has 1 aliphatic carbocycles. The van der Waals surface area contributed by atoms with Crippen LogP contribution in [0.5, 0.6) is 0 Å². The van der Waals surface area contributed by atoms with E-state index in [-0.39, 0.29) is 0 Å². The van der Waals surface area contributed by atoms with Gasteiger partial charge in [-0.05, 0) is 37.6 Å². The predicted octanol–water partition coefficient (Wildman–Crippen LogP) is 3.43. The van der Waals surface area contributed by atoms with Gasteiger partial charge in [0, 0.05) is 23.7 Å². The molecular formula is C15H23ClN2. The fraction of sp³-hybridized carbons (Fsp3) is 0.600. The highest BCUT2D eigenvalue weighted by Crippen LogP contribution is 2.22. The Morgan fingerprint density at radius 1 is 1.28 bits per heavy atom. The molecular weight excluding hydrogens is 244 g/mol. The van der Waals surface area contributed by atoms with E-state index in [1.807, 2.05) is 18.2 Å². The third-order valence-corrected chi connectivity index (χ3v) is 4.15. The first-order valence-corrected chi connectivity index (χ1v) is 7.25. The first kappa shape index (κ1) is 13.9. The number of benzene rings is 1. The predicted molar refractivity (Wildman–Crippen MR) is 77.8 cm³/mol. The van der Waals surface area contributed by atoms with Crippen LogP contribution in [0.1, 0.15) is 37.7 Å². The van der Waals surface area contributed by atoms with Crippen molar-refractivity contribution in [1.82, 2.24) is 4.90 Å². The molecule has 1 aliphatic rings. The monoisotopic (exact) mass is 266 g/mol. The molecule has 0 heterocycles. The summed E-state index contributed by atoms with van der Waals surface area (Å²) >= 11 is 6.03. The number of hydrogen-bond donors (Lipinski definition) is 1. The van der Waals surface area contributed by atoms with Gasteiger partial charge in [0.1, 0.15) is 0 Å². The van der Waals surface area contributed by atoms with Crippen LogP contribution >= 0.6 is 11.6 Å². The Morgan fingerprint density at radius 2 is 2.06 bits per heavy atom. The van der Waals surface area contributed by atoms with Crippen LogP contribution < -0.4 is 5.73 Å². The molecule has 0 aromatic heterocycles. The van der Waals surface area contributed by atoms with Gasteiger partial charge >= 0.3 is 0 Å². The van der Waals surface area contributed by atoms with Crippen LogP contribution in [0.2, 0.25) is 5.02 Å². The minimum Gasteiger partial charge on any atom is -0.326 e. The van der Waals surface area contributed by atoms with E-state index in [1.165, 1.54) is 31.2 Å². The van der Waals surface area contributed by atoms with Crippen molar-refractivity contribution in [2.24, 2.45) is 5.73 Å². The number of rotatable bonds is 3. The Balaban J connectivity index is 1.99. The lowest BCUT2D eigenvalue weighted by Gasteiger charge is -2.31. The van der Waals surface area contributed by atoms with Crippen molar-refractivity contribution in [3.05, 3.63) is 34.9 Å². The van der Waals surface area contributed by atoms with E-state index in [4.69, 9.17) is 17.3 Å². The van der Waals surface area contributed by atoms with Crippen LogP contribution in [0, 0.1) is 0 Å². The van der Waals surface area contributed by atoms with Gasteiger partial charge in [-0.25, -0.2) is 0 Å². The van der Waals surface area contributed by atoms with E-state index in [0.29, 0.717) is 12.1 Å². The average molecular weight is 267 g/mol. The van der Waals surface area contributed by atoms with Crippen molar-refractivity contribution >= 4 is 11.6 Å². The van der Waals surface area contributed by atoms with Crippen molar-refractivity contribution in [3.63, 3.8) is 0 Å². The van der Waals surface area contributed by atoms with Gasteiger partial charge in [0.2, 0.25) is 0 Å². The van der Waals surface area contributed by atoms with Crippen molar-refractivity contribution in [1.29, 1.82) is 0 Å². The maximum Gasteiger partial charge on any atom is 0.0409 e. The third-order valence-electron chi connectivity index (χ3n) is 3.92. The van der Waals surface area contributed by atoms with Crippen LogP contribution in [0.3, 0.4) is 0 Å². The molecule has 0 bridgehead atoms. The Bertz CT molecular complexity index is 381. The highest BCUT2D eigenvalue weighted by Gasteiger charge is 2.23. The van der Waals surface area contributed by atoms with Gasteiger partial charge in [0.15, 0.2) is 0 Å². The second kappa shape index (κ2) is 6.55. The van der Waals surface area contributed by atoms with E-state index < -0.39 is 0 Å². The van der Waals surface area contributed by atoms with Gasteiger partial charge in [-0.2, -0.15) is 0 Å². The molecule has 0 saturated heterocycles. The second-order valence-electron chi connectivity index (χ2n) is 5.41. The number of halogens is 1. The molecule has 0 aliphatic heterocycles. The Kier molecular flexibility index (Phi) is 5.04. The Labute approximate surface area is 115 Å². The molecule has 100 valence electrons. The molecule has 0 radical (unpaired) electrons. The van der Waals surface area contributed by atoms with Gasteiger partial charge in [0.05, 0.1) is 0 Å². The zero-order valence-corrected chi connectivity index (χ0v) is 11.9. The van der Waals surface area contributed by atoms with Gasteiger partial charge in [0.25, 0.3) is 0 Å². The summed E-state index contributed by atoms with van der Waals surface area (Å²) in [7, 11) is 2.18. The van der Waals surface area contributed by atoms with Crippen molar-refractivity contribution < 1.29 is 0 Å². The van der Waals surface area contributed by atoms with E-state index in [2.05, 4.69) is 18.0 Å². The third kappa shape index (κ3) is 3.71. The summed E-state index contributed by atoms with van der Waals surface area (Å²) in [6, 6.07) is 8.93. The molecule has 18 heavy (non-hydrogen) atoms. The quantitative estimate of drug-likeness (QED) is 0.850. The number of nitrogens with zero attached hydrogens (tertiary/aromatic N) is 1. The maximum absolute atomic E-state index is 6.30. The maximum atomic E-state index is 6.30. The highest BCUT2D eigenvalue weighted by molar-refractivity contribution is 6.30.